The van der Waals surface area contributed by atoms with Crippen molar-refractivity contribution in [2.24, 2.45) is 0 Å². The first-order chi connectivity index (χ1) is 12.9. The maximum Gasteiger partial charge on any atom is 0.265 e. The number of nitrogens with one attached hydrogen (secondary N) is 2. The van der Waals surface area contributed by atoms with E-state index in [0.29, 0.717) is 18.0 Å². The Morgan fingerprint density at radius 3 is 2.30 bits per heavy atom. The van der Waals surface area contributed by atoms with Gasteiger partial charge in [-0.1, -0.05) is 0 Å². The lowest BCUT2D eigenvalue weighted by atomic mass is 10.1. The van der Waals surface area contributed by atoms with Gasteiger partial charge >= 0.3 is 0 Å². The zero-order chi connectivity index (χ0) is 19.4. The van der Waals surface area contributed by atoms with Gasteiger partial charge in [0.15, 0.2) is 0 Å². The van der Waals surface area contributed by atoms with Gasteiger partial charge in [-0.05, 0) is 73.5 Å². The molecule has 0 aliphatic carbocycles. The van der Waals surface area contributed by atoms with Gasteiger partial charge in [0, 0.05) is 11.4 Å². The van der Waals surface area contributed by atoms with Crippen molar-refractivity contribution in [1.82, 2.24) is 0 Å². The van der Waals surface area contributed by atoms with Gasteiger partial charge in [-0.2, -0.15) is 0 Å². The molecule has 0 atom stereocenters. The van der Waals surface area contributed by atoms with Crippen molar-refractivity contribution in [3.05, 3.63) is 71.7 Å². The fourth-order valence-corrected chi connectivity index (χ4v) is 3.90. The van der Waals surface area contributed by atoms with E-state index >= 15 is 0 Å². The quantitative estimate of drug-likeness (QED) is 0.632. The van der Waals surface area contributed by atoms with Crippen LogP contribution in [0.25, 0.3) is 0 Å². The number of sulfonamides is 1. The van der Waals surface area contributed by atoms with Crippen LogP contribution in [-0.2, 0) is 16.6 Å². The number of furan rings is 1. The van der Waals surface area contributed by atoms with Gasteiger partial charge in [0.2, 0.25) is 0 Å². The summed E-state index contributed by atoms with van der Waals surface area (Å²) in [6, 6.07) is 14.1. The van der Waals surface area contributed by atoms with Gasteiger partial charge in [-0.15, -0.1) is 0 Å². The summed E-state index contributed by atoms with van der Waals surface area (Å²) >= 11 is 0. The molecule has 142 valence electrons. The molecular weight excluding hydrogens is 364 g/mol. The summed E-state index contributed by atoms with van der Waals surface area (Å²) < 4.78 is 38.7. The standard InChI is InChI=1S/C20H22N2O4S/c1-14-11-19(25-3)20(12-15(14)2)27(23,24)22-17-8-6-16(7-9-17)21-13-18-5-4-10-26-18/h4-12,21-22H,13H2,1-3H3. The molecule has 0 aliphatic heterocycles. The van der Waals surface area contributed by atoms with Crippen molar-refractivity contribution in [3.8, 4) is 5.75 Å². The van der Waals surface area contributed by atoms with E-state index in [1.165, 1.54) is 7.11 Å². The van der Waals surface area contributed by atoms with Crippen LogP contribution < -0.4 is 14.8 Å². The van der Waals surface area contributed by atoms with Crippen LogP contribution >= 0.6 is 0 Å². The van der Waals surface area contributed by atoms with Crippen molar-refractivity contribution in [2.45, 2.75) is 25.3 Å². The number of ether oxygens (including phenoxy) is 1. The molecule has 7 heteroatoms. The van der Waals surface area contributed by atoms with E-state index in [-0.39, 0.29) is 4.90 Å². The summed E-state index contributed by atoms with van der Waals surface area (Å²) in [6.45, 7) is 4.33. The third-order valence-corrected chi connectivity index (χ3v) is 5.66. The number of rotatable bonds is 7. The summed E-state index contributed by atoms with van der Waals surface area (Å²) in [5.41, 5.74) is 3.18. The third-order valence-electron chi connectivity index (χ3n) is 4.25. The number of hydrogen-bond acceptors (Lipinski definition) is 5. The van der Waals surface area contributed by atoms with Gasteiger partial charge in [0.1, 0.15) is 16.4 Å². The highest BCUT2D eigenvalue weighted by molar-refractivity contribution is 7.92. The second-order valence-corrected chi connectivity index (χ2v) is 7.85. The Kier molecular flexibility index (Phi) is 5.41. The zero-order valence-electron chi connectivity index (χ0n) is 15.4. The smallest absolute Gasteiger partial charge is 0.265 e. The molecule has 1 heterocycles. The first kappa shape index (κ1) is 18.8. The minimum absolute atomic E-state index is 0.119. The molecule has 27 heavy (non-hydrogen) atoms. The highest BCUT2D eigenvalue weighted by atomic mass is 32.2. The molecule has 3 aromatic rings. The first-order valence-electron chi connectivity index (χ1n) is 8.43. The molecule has 0 aliphatic rings. The predicted molar refractivity (Wildman–Crippen MR) is 106 cm³/mol. The summed E-state index contributed by atoms with van der Waals surface area (Å²) in [7, 11) is -2.31. The van der Waals surface area contributed by atoms with Crippen LogP contribution in [0, 0.1) is 13.8 Å². The van der Waals surface area contributed by atoms with Crippen molar-refractivity contribution < 1.29 is 17.6 Å². The molecule has 0 amide bonds. The van der Waals surface area contributed by atoms with Crippen molar-refractivity contribution in [1.29, 1.82) is 0 Å². The van der Waals surface area contributed by atoms with Gasteiger partial charge in [0.25, 0.3) is 10.0 Å². The number of anilines is 2. The normalized spacial score (nSPS) is 11.2. The molecule has 0 radical (unpaired) electrons. The Hall–Kier alpha value is -2.93. The average molecular weight is 386 g/mol. The van der Waals surface area contributed by atoms with Crippen LogP contribution in [0.5, 0.6) is 5.75 Å². The summed E-state index contributed by atoms with van der Waals surface area (Å²) in [4.78, 5) is 0.119. The van der Waals surface area contributed by atoms with Crippen LogP contribution in [0.3, 0.4) is 0 Å². The SMILES string of the molecule is COc1cc(C)c(C)cc1S(=O)(=O)Nc1ccc(NCc2ccco2)cc1. The first-order valence-corrected chi connectivity index (χ1v) is 9.92. The fourth-order valence-electron chi connectivity index (χ4n) is 2.60. The second-order valence-electron chi connectivity index (χ2n) is 6.20. The van der Waals surface area contributed by atoms with E-state index < -0.39 is 10.0 Å². The number of aryl methyl sites for hydroxylation is 2. The van der Waals surface area contributed by atoms with Crippen LogP contribution in [0.1, 0.15) is 16.9 Å². The number of benzene rings is 2. The Labute approximate surface area is 159 Å². The Morgan fingerprint density at radius 1 is 1.00 bits per heavy atom. The van der Waals surface area contributed by atoms with E-state index in [4.69, 9.17) is 9.15 Å². The molecule has 0 fully saturated rings. The molecule has 3 rings (SSSR count). The number of hydrogen-bond donors (Lipinski definition) is 2. The summed E-state index contributed by atoms with van der Waals surface area (Å²) in [5.74, 6) is 1.14. The van der Waals surface area contributed by atoms with Gasteiger partial charge in [0.05, 0.1) is 19.9 Å². The van der Waals surface area contributed by atoms with Gasteiger partial charge in [-0.25, -0.2) is 8.42 Å². The summed E-state index contributed by atoms with van der Waals surface area (Å²) in [6.07, 6.45) is 1.62. The van der Waals surface area contributed by atoms with Crippen LogP contribution in [0.2, 0.25) is 0 Å². The third kappa shape index (κ3) is 4.43. The molecule has 2 N–H and O–H groups in total. The average Bonchev–Trinajstić information content (AvgIpc) is 3.16. The summed E-state index contributed by atoms with van der Waals surface area (Å²) in [5, 5.41) is 3.21. The Morgan fingerprint density at radius 2 is 1.67 bits per heavy atom. The van der Waals surface area contributed by atoms with Crippen molar-refractivity contribution >= 4 is 21.4 Å². The van der Waals surface area contributed by atoms with Crippen LogP contribution in [0.4, 0.5) is 11.4 Å². The molecular formula is C20H22N2O4S. The molecule has 2 aromatic carbocycles. The maximum atomic E-state index is 12.8. The maximum absolute atomic E-state index is 12.8. The number of methoxy groups -OCH3 is 1. The molecule has 6 nitrogen and oxygen atoms in total. The van der Waals surface area contributed by atoms with E-state index in [9.17, 15) is 8.42 Å². The zero-order valence-corrected chi connectivity index (χ0v) is 16.3. The minimum atomic E-state index is -3.77. The van der Waals surface area contributed by atoms with Crippen LogP contribution in [-0.4, -0.2) is 15.5 Å². The topological polar surface area (TPSA) is 80.6 Å². The lowest BCUT2D eigenvalue weighted by molar-refractivity contribution is 0.402. The molecule has 0 saturated heterocycles. The minimum Gasteiger partial charge on any atom is -0.495 e. The van der Waals surface area contributed by atoms with Crippen molar-refractivity contribution in [2.75, 3.05) is 17.1 Å². The Balaban J connectivity index is 1.75. The Bertz CT molecular complexity index is 1010. The largest absolute Gasteiger partial charge is 0.495 e. The molecule has 1 aromatic heterocycles. The lowest BCUT2D eigenvalue weighted by Gasteiger charge is -2.14. The van der Waals surface area contributed by atoms with E-state index in [1.807, 2.05) is 26.0 Å². The molecule has 0 spiro atoms. The van der Waals surface area contributed by atoms with E-state index in [1.54, 1.807) is 42.7 Å². The molecule has 0 unspecified atom stereocenters. The highest BCUT2D eigenvalue weighted by Gasteiger charge is 2.20. The van der Waals surface area contributed by atoms with E-state index in [2.05, 4.69) is 10.0 Å². The lowest BCUT2D eigenvalue weighted by Crippen LogP contribution is -2.14. The van der Waals surface area contributed by atoms with Gasteiger partial charge < -0.3 is 14.5 Å². The van der Waals surface area contributed by atoms with E-state index in [0.717, 1.165) is 22.6 Å². The van der Waals surface area contributed by atoms with Crippen molar-refractivity contribution in [3.63, 3.8) is 0 Å². The second kappa shape index (κ2) is 7.75. The fraction of sp³-hybridized carbons (Fsp3) is 0.200. The highest BCUT2D eigenvalue weighted by Crippen LogP contribution is 2.29. The van der Waals surface area contributed by atoms with Crippen LogP contribution in [0.15, 0.2) is 64.1 Å². The molecule has 0 bridgehead atoms. The van der Waals surface area contributed by atoms with Gasteiger partial charge in [-0.3, -0.25) is 4.72 Å². The predicted octanol–water partition coefficient (Wildman–Crippen LogP) is 4.32. The monoisotopic (exact) mass is 386 g/mol. The molecule has 0 saturated carbocycles.